The highest BCUT2D eigenvalue weighted by Gasteiger charge is 2.30. The van der Waals surface area contributed by atoms with E-state index in [1.54, 1.807) is 0 Å². The Labute approximate surface area is 90.5 Å². The Morgan fingerprint density at radius 2 is 1.94 bits per heavy atom. The molecule has 0 heterocycles. The molecule has 0 aromatic heterocycles. The highest BCUT2D eigenvalue weighted by molar-refractivity contribution is 6.74. The Balaban J connectivity index is 2.20. The largest absolute Gasteiger partial charge is 0.513 e. The summed E-state index contributed by atoms with van der Waals surface area (Å²) in [5.74, 6) is -0.772. The van der Waals surface area contributed by atoms with Gasteiger partial charge in [-0.15, -0.1) is 0 Å². The van der Waals surface area contributed by atoms with Gasteiger partial charge in [0.15, 0.2) is 0 Å². The van der Waals surface area contributed by atoms with Crippen LogP contribution in [0.1, 0.15) is 12.8 Å². The van der Waals surface area contributed by atoms with Crippen molar-refractivity contribution in [1.82, 2.24) is 0 Å². The van der Waals surface area contributed by atoms with Crippen LogP contribution in [-0.4, -0.2) is 13.6 Å². The van der Waals surface area contributed by atoms with E-state index in [0.717, 1.165) is 31.0 Å². The number of rotatable bonds is 4. The van der Waals surface area contributed by atoms with Crippen molar-refractivity contribution in [3.8, 4) is 5.75 Å². The second kappa shape index (κ2) is 3.99. The number of benzene rings is 1. The van der Waals surface area contributed by atoms with Crippen molar-refractivity contribution in [2.45, 2.75) is 12.8 Å². The summed E-state index contributed by atoms with van der Waals surface area (Å²) in [7, 11) is 0. The van der Waals surface area contributed by atoms with Gasteiger partial charge in [0.05, 0.1) is 12.4 Å². The molecule has 1 saturated carbocycles. The van der Waals surface area contributed by atoms with Gasteiger partial charge in [0.25, 0.3) is 0 Å². The van der Waals surface area contributed by atoms with Crippen LogP contribution in [0.4, 0.5) is 17.3 Å². The number of hydrogen-bond acceptors (Lipinski definition) is 1. The third kappa shape index (κ3) is 2.68. The van der Waals surface area contributed by atoms with Crippen molar-refractivity contribution in [3.63, 3.8) is 0 Å². The monoisotopic (exact) mass is 233 g/mol. The minimum absolute atomic E-state index is 0.239. The maximum Gasteiger partial charge on any atom is 0.513 e. The number of ether oxygens (including phenoxy) is 1. The average Bonchev–Trinajstić information content (AvgIpc) is 2.96. The van der Waals surface area contributed by atoms with Crippen LogP contribution in [0.25, 0.3) is 0 Å². The Bertz CT molecular complexity index is 387. The maximum absolute atomic E-state index is 12.8. The lowest BCUT2D eigenvalue weighted by Gasteiger charge is -2.19. The van der Waals surface area contributed by atoms with Gasteiger partial charge >= 0.3 is 6.98 Å². The van der Waals surface area contributed by atoms with Crippen LogP contribution < -0.4 is 10.2 Å². The quantitative estimate of drug-likeness (QED) is 0.573. The summed E-state index contributed by atoms with van der Waals surface area (Å²) in [5.41, 5.74) is -0.859. The summed E-state index contributed by atoms with van der Waals surface area (Å²) in [5, 5.41) is 0. The zero-order valence-electron chi connectivity index (χ0n) is 8.43. The fourth-order valence-electron chi connectivity index (χ4n) is 1.40. The van der Waals surface area contributed by atoms with Gasteiger partial charge in [-0.25, -0.2) is 4.39 Å². The van der Waals surface area contributed by atoms with E-state index in [2.05, 4.69) is 0 Å². The molecule has 6 heteroatoms. The molecule has 88 valence electrons. The fraction of sp³-hybridized carbons (Fsp3) is 0.400. The van der Waals surface area contributed by atoms with E-state index in [1.165, 1.54) is 0 Å². The van der Waals surface area contributed by atoms with Crippen LogP contribution in [0.5, 0.6) is 5.75 Å². The van der Waals surface area contributed by atoms with Crippen LogP contribution in [0.15, 0.2) is 18.2 Å². The molecule has 0 unspecified atom stereocenters. The molecular weight excluding hydrogens is 223 g/mol. The summed E-state index contributed by atoms with van der Waals surface area (Å²) < 4.78 is 55.6. The summed E-state index contributed by atoms with van der Waals surface area (Å²) in [6, 6.07) is 2.33. The van der Waals surface area contributed by atoms with Gasteiger partial charge in [-0.1, -0.05) is 11.5 Å². The molecule has 1 aromatic rings. The van der Waals surface area contributed by atoms with E-state index in [9.17, 15) is 17.3 Å². The number of hydrogen-bond donors (Lipinski definition) is 0. The topological polar surface area (TPSA) is 9.23 Å². The molecule has 1 aliphatic rings. The molecule has 0 bridgehead atoms. The van der Waals surface area contributed by atoms with Gasteiger partial charge in [-0.05, 0) is 24.8 Å². The van der Waals surface area contributed by atoms with Crippen molar-refractivity contribution >= 4 is 12.4 Å². The van der Waals surface area contributed by atoms with Gasteiger partial charge in [-0.2, -0.15) is 0 Å². The van der Waals surface area contributed by atoms with Crippen molar-refractivity contribution in [1.29, 1.82) is 0 Å². The molecule has 0 amide bonds. The molecular formula is C10H10BF4O-. The van der Waals surface area contributed by atoms with E-state index < -0.39 is 18.3 Å². The molecule has 0 saturated heterocycles. The highest BCUT2D eigenvalue weighted by Crippen LogP contribution is 2.30. The zero-order valence-corrected chi connectivity index (χ0v) is 8.43. The summed E-state index contributed by atoms with van der Waals surface area (Å²) in [6.07, 6.45) is 1.95. The van der Waals surface area contributed by atoms with E-state index in [0.29, 0.717) is 5.92 Å². The molecule has 1 aliphatic carbocycles. The lowest BCUT2D eigenvalue weighted by molar-refractivity contribution is 0.299. The first-order chi connectivity index (χ1) is 7.47. The SMILES string of the molecule is Fc1ccc([B-](F)(F)F)c(OCC2CC2)c1. The third-order valence-corrected chi connectivity index (χ3v) is 2.50. The molecule has 1 aromatic carbocycles. The Morgan fingerprint density at radius 1 is 1.25 bits per heavy atom. The highest BCUT2D eigenvalue weighted by atomic mass is 19.4. The molecule has 2 rings (SSSR count). The Morgan fingerprint density at radius 3 is 2.50 bits per heavy atom. The minimum Gasteiger partial charge on any atom is -0.496 e. The first kappa shape index (κ1) is 11.3. The lowest BCUT2D eigenvalue weighted by Crippen LogP contribution is -2.35. The van der Waals surface area contributed by atoms with Gasteiger partial charge in [-0.3, -0.25) is 0 Å². The van der Waals surface area contributed by atoms with Crippen molar-refractivity contribution in [2.75, 3.05) is 6.61 Å². The Hall–Kier alpha value is -1.20. The van der Waals surface area contributed by atoms with Crippen molar-refractivity contribution in [2.24, 2.45) is 5.92 Å². The van der Waals surface area contributed by atoms with Crippen LogP contribution >= 0.6 is 0 Å². The molecule has 16 heavy (non-hydrogen) atoms. The van der Waals surface area contributed by atoms with Crippen LogP contribution in [-0.2, 0) is 0 Å². The van der Waals surface area contributed by atoms with Crippen LogP contribution in [0.2, 0.25) is 0 Å². The first-order valence-electron chi connectivity index (χ1n) is 5.09. The van der Waals surface area contributed by atoms with E-state index in [1.807, 2.05) is 0 Å². The van der Waals surface area contributed by atoms with Crippen LogP contribution in [0.3, 0.4) is 0 Å². The molecule has 0 atom stereocenters. The summed E-state index contributed by atoms with van der Waals surface area (Å²) >= 11 is 0. The molecule has 0 N–H and O–H groups in total. The molecule has 0 aliphatic heterocycles. The molecule has 0 radical (unpaired) electrons. The van der Waals surface area contributed by atoms with Gasteiger partial charge < -0.3 is 17.7 Å². The van der Waals surface area contributed by atoms with Crippen molar-refractivity contribution in [3.05, 3.63) is 24.0 Å². The molecule has 1 fully saturated rings. The maximum atomic E-state index is 12.8. The van der Waals surface area contributed by atoms with Crippen molar-refractivity contribution < 1.29 is 22.1 Å². The third-order valence-electron chi connectivity index (χ3n) is 2.50. The van der Waals surface area contributed by atoms with Gasteiger partial charge in [0, 0.05) is 6.07 Å². The smallest absolute Gasteiger partial charge is 0.496 e. The number of halogens is 4. The van der Waals surface area contributed by atoms with Gasteiger partial charge in [0.1, 0.15) is 5.82 Å². The normalized spacial score (nSPS) is 16.2. The standard InChI is InChI=1S/C10H10BF4O/c12-8-3-4-9(11(13,14)15)10(5-8)16-6-7-1-2-7/h3-5,7H,1-2,6H2/q-1. The zero-order chi connectivity index (χ0) is 11.8. The van der Waals surface area contributed by atoms with E-state index in [4.69, 9.17) is 4.74 Å². The minimum atomic E-state index is -5.15. The lowest BCUT2D eigenvalue weighted by atomic mass is 9.79. The van der Waals surface area contributed by atoms with E-state index >= 15 is 0 Å². The second-order valence-electron chi connectivity index (χ2n) is 4.01. The summed E-state index contributed by atoms with van der Waals surface area (Å²) in [6.45, 7) is -4.92. The predicted octanol–water partition coefficient (Wildman–Crippen LogP) is 2.67. The molecule has 1 nitrogen and oxygen atoms in total. The second-order valence-corrected chi connectivity index (χ2v) is 4.01. The van der Waals surface area contributed by atoms with Crippen LogP contribution in [0, 0.1) is 11.7 Å². The fourth-order valence-corrected chi connectivity index (χ4v) is 1.40. The van der Waals surface area contributed by atoms with E-state index in [-0.39, 0.29) is 12.4 Å². The molecule has 0 spiro atoms. The van der Waals surface area contributed by atoms with Gasteiger partial charge in [0.2, 0.25) is 0 Å². The average molecular weight is 233 g/mol. The summed E-state index contributed by atoms with van der Waals surface area (Å²) in [4.78, 5) is 0. The Kier molecular flexibility index (Phi) is 2.82. The first-order valence-corrected chi connectivity index (χ1v) is 5.09. The predicted molar refractivity (Wildman–Crippen MR) is 53.3 cm³/mol.